The molecule has 3 unspecified atom stereocenters. The number of likely N-dealkylation sites (tertiary alicyclic amines) is 1. The highest BCUT2D eigenvalue weighted by Gasteiger charge is 2.35. The van der Waals surface area contributed by atoms with Gasteiger partial charge >= 0.3 is 0 Å². The van der Waals surface area contributed by atoms with Gasteiger partial charge in [0.25, 0.3) is 17.4 Å². The number of carbonyl (C=O) groups is 2. The van der Waals surface area contributed by atoms with Gasteiger partial charge in [-0.2, -0.15) is 0 Å². The number of hydrogen-bond donors (Lipinski definition) is 1. The number of benzene rings is 2. The van der Waals surface area contributed by atoms with Gasteiger partial charge in [-0.15, -0.1) is 0 Å². The molecule has 220 valence electrons. The van der Waals surface area contributed by atoms with Crippen molar-refractivity contribution in [3.05, 3.63) is 81.8 Å². The zero-order valence-electron chi connectivity index (χ0n) is 24.5. The van der Waals surface area contributed by atoms with Crippen LogP contribution in [0, 0.1) is 5.92 Å². The Balaban J connectivity index is 1.35. The van der Waals surface area contributed by atoms with Crippen molar-refractivity contribution < 1.29 is 19.1 Å². The van der Waals surface area contributed by atoms with Crippen LogP contribution in [0.5, 0.6) is 11.5 Å². The number of anilines is 2. The molecular weight excluding hydrogens is 532 g/mol. The fourth-order valence-electron chi connectivity index (χ4n) is 6.84. The van der Waals surface area contributed by atoms with E-state index in [4.69, 9.17) is 9.47 Å². The lowest BCUT2D eigenvalue weighted by Crippen LogP contribution is -2.47. The van der Waals surface area contributed by atoms with Crippen LogP contribution < -0.4 is 25.2 Å². The molecule has 9 heteroatoms. The van der Waals surface area contributed by atoms with Gasteiger partial charge < -0.3 is 29.2 Å². The van der Waals surface area contributed by atoms with Crippen molar-refractivity contribution in [2.45, 2.75) is 51.1 Å². The Bertz CT molecular complexity index is 1540. The molecule has 1 aromatic heterocycles. The van der Waals surface area contributed by atoms with E-state index in [1.54, 1.807) is 38.5 Å². The topological polar surface area (TPSA) is 93.1 Å². The van der Waals surface area contributed by atoms with E-state index < -0.39 is 0 Å². The number of nitrogens with one attached hydrogen (secondary N) is 1. The van der Waals surface area contributed by atoms with E-state index >= 15 is 0 Å². The molecule has 4 heterocycles. The molecule has 0 radical (unpaired) electrons. The first-order valence-electron chi connectivity index (χ1n) is 14.8. The van der Waals surface area contributed by atoms with Crippen LogP contribution in [-0.4, -0.2) is 61.2 Å². The van der Waals surface area contributed by atoms with Gasteiger partial charge in [-0.1, -0.05) is 6.07 Å². The fraction of sp³-hybridized carbons (Fsp3) is 0.424. The monoisotopic (exact) mass is 570 g/mol. The second-order valence-electron chi connectivity index (χ2n) is 11.7. The minimum Gasteiger partial charge on any atom is -0.497 e. The number of fused-ring (bicyclic) bond motifs is 4. The second kappa shape index (κ2) is 11.5. The number of piperidine rings is 2. The summed E-state index contributed by atoms with van der Waals surface area (Å²) in [6.07, 6.45) is 4.14. The number of methoxy groups -OCH3 is 2. The maximum atomic E-state index is 13.6. The summed E-state index contributed by atoms with van der Waals surface area (Å²) in [6.45, 7) is 4.98. The van der Waals surface area contributed by atoms with Crippen molar-refractivity contribution in [3.8, 4) is 11.5 Å². The van der Waals surface area contributed by atoms with Crippen molar-refractivity contribution in [2.24, 2.45) is 5.92 Å². The number of amides is 2. The molecule has 0 saturated carbocycles. The molecular formula is C33H38N4O5. The van der Waals surface area contributed by atoms with Crippen LogP contribution in [0.3, 0.4) is 0 Å². The third kappa shape index (κ3) is 5.35. The van der Waals surface area contributed by atoms with Crippen LogP contribution in [0.2, 0.25) is 0 Å². The van der Waals surface area contributed by atoms with Gasteiger partial charge in [0.2, 0.25) is 0 Å². The van der Waals surface area contributed by atoms with E-state index in [2.05, 4.69) is 17.1 Å². The Hall–Kier alpha value is -4.27. The Morgan fingerprint density at radius 1 is 0.905 bits per heavy atom. The first kappa shape index (κ1) is 27.9. The number of rotatable bonds is 6. The molecule has 2 saturated heterocycles. The lowest BCUT2D eigenvalue weighted by Gasteiger charge is -2.44. The lowest BCUT2D eigenvalue weighted by molar-refractivity contribution is 0.0635. The first-order chi connectivity index (χ1) is 20.3. The van der Waals surface area contributed by atoms with Gasteiger partial charge in [-0.3, -0.25) is 14.4 Å². The molecule has 2 bridgehead atoms. The molecule has 2 amide bonds. The van der Waals surface area contributed by atoms with E-state index in [1.807, 2.05) is 39.8 Å². The van der Waals surface area contributed by atoms with E-state index in [9.17, 15) is 14.4 Å². The van der Waals surface area contributed by atoms with Crippen LogP contribution in [-0.2, 0) is 6.54 Å². The molecule has 42 heavy (non-hydrogen) atoms. The van der Waals surface area contributed by atoms with E-state index in [1.165, 1.54) is 0 Å². The largest absolute Gasteiger partial charge is 0.497 e. The van der Waals surface area contributed by atoms with Crippen molar-refractivity contribution >= 4 is 23.2 Å². The molecule has 1 N–H and O–H groups in total. The number of nitrogens with zero attached hydrogens (tertiary/aromatic N) is 3. The second-order valence-corrected chi connectivity index (χ2v) is 11.7. The van der Waals surface area contributed by atoms with Gasteiger partial charge in [0.1, 0.15) is 11.5 Å². The molecule has 9 nitrogen and oxygen atoms in total. The molecule has 3 aromatic rings. The standard InChI is InChI=1S/C33H38N4O5/c1-21-7-4-5-12-36(21)33(40)23-10-11-30(28(16-23)34-32(39)24-14-26(41-2)17-27(15-24)42-3)35-18-22-13-25(20-35)29-8-6-9-31(38)37(29)19-22/h6,8-11,14-17,21-22,25H,4-5,7,12-13,18-20H2,1-3H3,(H,34,39). The summed E-state index contributed by atoms with van der Waals surface area (Å²) in [5, 5.41) is 3.11. The van der Waals surface area contributed by atoms with Gasteiger partial charge in [-0.05, 0) is 74.9 Å². The predicted molar refractivity (Wildman–Crippen MR) is 162 cm³/mol. The highest BCUT2D eigenvalue weighted by atomic mass is 16.5. The predicted octanol–water partition coefficient (Wildman–Crippen LogP) is 4.76. The highest BCUT2D eigenvalue weighted by Crippen LogP contribution is 2.40. The number of hydrogen-bond acceptors (Lipinski definition) is 6. The minimum atomic E-state index is -0.321. The zero-order chi connectivity index (χ0) is 29.4. The number of carbonyl (C=O) groups excluding carboxylic acids is 2. The highest BCUT2D eigenvalue weighted by molar-refractivity contribution is 6.07. The summed E-state index contributed by atoms with van der Waals surface area (Å²) >= 11 is 0. The molecule has 3 aliphatic rings. The number of ether oxygens (including phenoxy) is 2. The van der Waals surface area contributed by atoms with Gasteiger partial charge in [-0.25, -0.2) is 0 Å². The van der Waals surface area contributed by atoms with Crippen molar-refractivity contribution in [1.29, 1.82) is 0 Å². The molecule has 3 atom stereocenters. The SMILES string of the molecule is COc1cc(OC)cc(C(=O)Nc2cc(C(=O)N3CCCCC3C)ccc2N2CC3CC(C2)c2cccc(=O)n2C3)c1. The molecule has 2 aromatic carbocycles. The quantitative estimate of drug-likeness (QED) is 0.460. The van der Waals surface area contributed by atoms with Gasteiger partial charge in [0.15, 0.2) is 0 Å². The summed E-state index contributed by atoms with van der Waals surface area (Å²) in [5.74, 6) is 1.20. The number of aromatic nitrogens is 1. The first-order valence-corrected chi connectivity index (χ1v) is 14.8. The zero-order valence-corrected chi connectivity index (χ0v) is 24.5. The Morgan fingerprint density at radius 3 is 2.43 bits per heavy atom. The smallest absolute Gasteiger partial charge is 0.255 e. The lowest BCUT2D eigenvalue weighted by atomic mass is 9.83. The molecule has 0 spiro atoms. The van der Waals surface area contributed by atoms with Crippen LogP contribution >= 0.6 is 0 Å². The Kier molecular flexibility index (Phi) is 7.66. The van der Waals surface area contributed by atoms with Crippen molar-refractivity contribution in [1.82, 2.24) is 9.47 Å². The number of pyridine rings is 1. The average molecular weight is 571 g/mol. The minimum absolute atomic E-state index is 0.0175. The molecule has 6 rings (SSSR count). The normalized spacial score (nSPS) is 21.4. The van der Waals surface area contributed by atoms with Crippen molar-refractivity contribution in [3.63, 3.8) is 0 Å². The van der Waals surface area contributed by atoms with Gasteiger partial charge in [0, 0.05) is 67.1 Å². The summed E-state index contributed by atoms with van der Waals surface area (Å²) in [6, 6.07) is 16.4. The third-order valence-corrected chi connectivity index (χ3v) is 8.99. The molecule has 2 fully saturated rings. The average Bonchev–Trinajstić information content (AvgIpc) is 3.01. The summed E-state index contributed by atoms with van der Waals surface area (Å²) in [4.78, 5) is 44.1. The summed E-state index contributed by atoms with van der Waals surface area (Å²) in [7, 11) is 3.09. The van der Waals surface area contributed by atoms with Crippen LogP contribution in [0.15, 0.2) is 59.4 Å². The fourth-order valence-corrected chi connectivity index (χ4v) is 6.84. The van der Waals surface area contributed by atoms with E-state index in [0.29, 0.717) is 47.3 Å². The van der Waals surface area contributed by atoms with E-state index in [0.717, 1.165) is 50.2 Å². The van der Waals surface area contributed by atoms with E-state index in [-0.39, 0.29) is 29.3 Å². The molecule has 3 aliphatic heterocycles. The van der Waals surface area contributed by atoms with Crippen molar-refractivity contribution in [2.75, 3.05) is 44.1 Å². The third-order valence-electron chi connectivity index (χ3n) is 8.99. The summed E-state index contributed by atoms with van der Waals surface area (Å²) < 4.78 is 12.7. The Morgan fingerprint density at radius 2 is 1.69 bits per heavy atom. The van der Waals surface area contributed by atoms with Gasteiger partial charge in [0.05, 0.1) is 25.6 Å². The van der Waals surface area contributed by atoms with Crippen LogP contribution in [0.1, 0.15) is 64.9 Å². The molecule has 0 aliphatic carbocycles. The Labute approximate surface area is 246 Å². The maximum absolute atomic E-state index is 13.6. The van der Waals surface area contributed by atoms with Crippen LogP contribution in [0.25, 0.3) is 0 Å². The van der Waals surface area contributed by atoms with Crippen LogP contribution in [0.4, 0.5) is 11.4 Å². The maximum Gasteiger partial charge on any atom is 0.255 e. The summed E-state index contributed by atoms with van der Waals surface area (Å²) in [5.41, 5.74) is 3.50.